The molecule has 1 unspecified atom stereocenters. The summed E-state index contributed by atoms with van der Waals surface area (Å²) in [7, 11) is -1.32. The maximum absolute atomic E-state index is 12.7. The van der Waals surface area contributed by atoms with E-state index in [1.54, 1.807) is 20.1 Å². The molecular formula is C16H27N5O3S. The van der Waals surface area contributed by atoms with Gasteiger partial charge in [0, 0.05) is 38.9 Å². The summed E-state index contributed by atoms with van der Waals surface area (Å²) < 4.78 is 27.6. The van der Waals surface area contributed by atoms with Gasteiger partial charge < -0.3 is 10.2 Å². The molecule has 0 aromatic carbocycles. The molecular weight excluding hydrogens is 342 g/mol. The monoisotopic (exact) mass is 369 g/mol. The van der Waals surface area contributed by atoms with Crippen molar-refractivity contribution in [2.24, 2.45) is 7.05 Å². The number of piperidine rings is 1. The summed E-state index contributed by atoms with van der Waals surface area (Å²) in [4.78, 5) is 14.4. The lowest BCUT2D eigenvalue weighted by Crippen LogP contribution is -2.51. The van der Waals surface area contributed by atoms with Crippen LogP contribution in [0.4, 0.5) is 10.5 Å². The second-order valence-corrected chi connectivity index (χ2v) is 9.25. The quantitative estimate of drug-likeness (QED) is 0.876. The largest absolute Gasteiger partial charge is 0.323 e. The first-order chi connectivity index (χ1) is 11.8. The van der Waals surface area contributed by atoms with Gasteiger partial charge in [0.05, 0.1) is 17.1 Å². The van der Waals surface area contributed by atoms with Crippen LogP contribution in [0.5, 0.6) is 0 Å². The van der Waals surface area contributed by atoms with E-state index in [0.29, 0.717) is 26.1 Å². The van der Waals surface area contributed by atoms with Gasteiger partial charge in [-0.05, 0) is 25.2 Å². The summed E-state index contributed by atoms with van der Waals surface area (Å²) in [6, 6.07) is -0.290. The first kappa shape index (κ1) is 18.2. The Kier molecular flexibility index (Phi) is 5.06. The van der Waals surface area contributed by atoms with E-state index in [9.17, 15) is 13.2 Å². The number of anilines is 1. The molecule has 8 nitrogen and oxygen atoms in total. The topological polar surface area (TPSA) is 87.5 Å². The molecule has 2 amide bonds. The van der Waals surface area contributed by atoms with E-state index in [4.69, 9.17) is 0 Å². The van der Waals surface area contributed by atoms with Crippen LogP contribution in [-0.4, -0.2) is 64.9 Å². The smallest absolute Gasteiger partial charge is 0.321 e. The van der Waals surface area contributed by atoms with Crippen molar-refractivity contribution in [2.45, 2.75) is 45.1 Å². The van der Waals surface area contributed by atoms with Crippen LogP contribution in [0.1, 0.15) is 44.7 Å². The van der Waals surface area contributed by atoms with Gasteiger partial charge in [-0.2, -0.15) is 9.40 Å². The molecule has 2 fully saturated rings. The summed E-state index contributed by atoms with van der Waals surface area (Å²) >= 11 is 0. The second-order valence-electron chi connectivity index (χ2n) is 7.21. The van der Waals surface area contributed by atoms with E-state index in [2.05, 4.69) is 10.4 Å². The fraction of sp³-hybridized carbons (Fsp3) is 0.750. The van der Waals surface area contributed by atoms with Crippen LogP contribution in [0.15, 0.2) is 6.20 Å². The summed E-state index contributed by atoms with van der Waals surface area (Å²) in [5.74, 6) is 0.434. The molecule has 25 heavy (non-hydrogen) atoms. The lowest BCUT2D eigenvalue weighted by molar-refractivity contribution is 0.163. The predicted octanol–water partition coefficient (Wildman–Crippen LogP) is 1.58. The Balaban J connectivity index is 1.68. The average Bonchev–Trinajstić information content (AvgIpc) is 3.09. The number of carbonyl (C=O) groups excluding carboxylic acids is 1. The highest BCUT2D eigenvalue weighted by Crippen LogP contribution is 2.26. The number of urea groups is 1. The normalized spacial score (nSPS) is 24.0. The molecule has 140 valence electrons. The standard InChI is InChI=1S/C16H27N5O3S/c1-12(2)15-14(11-19(3)18-15)17-16(22)20-7-4-6-13(10-20)21-8-5-9-25(21,23)24/h11-13H,4-10H2,1-3H3,(H,17,22). The first-order valence-electron chi connectivity index (χ1n) is 8.87. The van der Waals surface area contributed by atoms with Gasteiger partial charge in [-0.1, -0.05) is 13.8 Å². The van der Waals surface area contributed by atoms with Crippen LogP contribution in [0, 0.1) is 0 Å². The van der Waals surface area contributed by atoms with Crippen molar-refractivity contribution in [1.29, 1.82) is 0 Å². The zero-order chi connectivity index (χ0) is 18.2. The Morgan fingerprint density at radius 2 is 2.08 bits per heavy atom. The number of aromatic nitrogens is 2. The van der Waals surface area contributed by atoms with Gasteiger partial charge in [0.15, 0.2) is 0 Å². The van der Waals surface area contributed by atoms with Gasteiger partial charge in [-0.3, -0.25) is 4.68 Å². The molecule has 1 aromatic rings. The van der Waals surface area contributed by atoms with Crippen molar-refractivity contribution in [3.8, 4) is 0 Å². The van der Waals surface area contributed by atoms with E-state index >= 15 is 0 Å². The lowest BCUT2D eigenvalue weighted by Gasteiger charge is -2.36. The van der Waals surface area contributed by atoms with E-state index in [1.165, 1.54) is 0 Å². The van der Waals surface area contributed by atoms with Crippen LogP contribution in [0.3, 0.4) is 0 Å². The highest BCUT2D eigenvalue weighted by Gasteiger charge is 2.37. The molecule has 1 atom stereocenters. The number of amides is 2. The summed E-state index contributed by atoms with van der Waals surface area (Å²) in [6.45, 7) is 5.73. The zero-order valence-electron chi connectivity index (χ0n) is 15.1. The fourth-order valence-corrected chi connectivity index (χ4v) is 5.43. The van der Waals surface area contributed by atoms with Gasteiger partial charge in [0.25, 0.3) is 0 Å². The summed E-state index contributed by atoms with van der Waals surface area (Å²) in [5, 5.41) is 7.35. The SMILES string of the molecule is CC(C)c1nn(C)cc1NC(=O)N1CCCC(N2CCCS2(=O)=O)C1. The van der Waals surface area contributed by atoms with Gasteiger partial charge in [-0.15, -0.1) is 0 Å². The minimum Gasteiger partial charge on any atom is -0.323 e. The van der Waals surface area contributed by atoms with Crippen molar-refractivity contribution >= 4 is 21.7 Å². The lowest BCUT2D eigenvalue weighted by atomic mass is 10.1. The Morgan fingerprint density at radius 1 is 1.32 bits per heavy atom. The fourth-order valence-electron chi connectivity index (χ4n) is 3.67. The number of hydrogen-bond donors (Lipinski definition) is 1. The molecule has 0 spiro atoms. The van der Waals surface area contributed by atoms with E-state index in [-0.39, 0.29) is 23.7 Å². The van der Waals surface area contributed by atoms with Crippen molar-refractivity contribution in [1.82, 2.24) is 19.0 Å². The first-order valence-corrected chi connectivity index (χ1v) is 10.5. The highest BCUT2D eigenvalue weighted by molar-refractivity contribution is 7.89. The number of carbonyl (C=O) groups is 1. The minimum atomic E-state index is -3.15. The number of hydrogen-bond acceptors (Lipinski definition) is 4. The van der Waals surface area contributed by atoms with Crippen molar-refractivity contribution in [2.75, 3.05) is 30.7 Å². The average molecular weight is 369 g/mol. The molecule has 2 aliphatic rings. The number of sulfonamides is 1. The number of likely N-dealkylation sites (tertiary alicyclic amines) is 1. The third-order valence-electron chi connectivity index (χ3n) is 4.87. The molecule has 3 heterocycles. The summed E-state index contributed by atoms with van der Waals surface area (Å²) in [6.07, 6.45) is 4.11. The number of rotatable bonds is 3. The van der Waals surface area contributed by atoms with Crippen LogP contribution in [0.2, 0.25) is 0 Å². The number of aryl methyl sites for hydroxylation is 1. The molecule has 9 heteroatoms. The zero-order valence-corrected chi connectivity index (χ0v) is 15.9. The Morgan fingerprint density at radius 3 is 2.72 bits per heavy atom. The van der Waals surface area contributed by atoms with Gasteiger partial charge in [0.2, 0.25) is 10.0 Å². The molecule has 0 bridgehead atoms. The molecule has 0 saturated carbocycles. The molecule has 1 aromatic heterocycles. The van der Waals surface area contributed by atoms with Crippen LogP contribution in [-0.2, 0) is 17.1 Å². The van der Waals surface area contributed by atoms with Crippen LogP contribution >= 0.6 is 0 Å². The number of nitrogens with zero attached hydrogens (tertiary/aromatic N) is 4. The Bertz CT molecular complexity index is 743. The van der Waals surface area contributed by atoms with Crippen LogP contribution < -0.4 is 5.32 Å². The molecule has 0 aliphatic carbocycles. The van der Waals surface area contributed by atoms with Gasteiger partial charge in [0.1, 0.15) is 0 Å². The van der Waals surface area contributed by atoms with Gasteiger partial charge in [-0.25, -0.2) is 13.2 Å². The molecule has 3 rings (SSSR count). The molecule has 0 radical (unpaired) electrons. The summed E-state index contributed by atoms with van der Waals surface area (Å²) in [5.41, 5.74) is 1.57. The molecule has 2 aliphatic heterocycles. The predicted molar refractivity (Wildman–Crippen MR) is 96.0 cm³/mol. The molecule has 2 saturated heterocycles. The van der Waals surface area contributed by atoms with Crippen molar-refractivity contribution < 1.29 is 13.2 Å². The third-order valence-corrected chi connectivity index (χ3v) is 6.87. The van der Waals surface area contributed by atoms with Crippen molar-refractivity contribution in [3.05, 3.63) is 11.9 Å². The van der Waals surface area contributed by atoms with Crippen molar-refractivity contribution in [3.63, 3.8) is 0 Å². The minimum absolute atomic E-state index is 0.106. The Hall–Kier alpha value is -1.61. The van der Waals surface area contributed by atoms with E-state index < -0.39 is 10.0 Å². The highest BCUT2D eigenvalue weighted by atomic mass is 32.2. The van der Waals surface area contributed by atoms with Crippen LogP contribution in [0.25, 0.3) is 0 Å². The van der Waals surface area contributed by atoms with E-state index in [0.717, 1.165) is 24.2 Å². The maximum Gasteiger partial charge on any atom is 0.321 e. The number of nitrogens with one attached hydrogen (secondary N) is 1. The van der Waals surface area contributed by atoms with E-state index in [1.807, 2.05) is 20.9 Å². The molecule has 1 N–H and O–H groups in total. The Labute approximate surface area is 149 Å². The maximum atomic E-state index is 12.7. The third kappa shape index (κ3) is 3.82. The second kappa shape index (κ2) is 6.95. The van der Waals surface area contributed by atoms with Gasteiger partial charge >= 0.3 is 6.03 Å².